The molecule has 0 atom stereocenters. The van der Waals surface area contributed by atoms with Crippen molar-refractivity contribution in [2.75, 3.05) is 5.32 Å². The van der Waals surface area contributed by atoms with Gasteiger partial charge in [-0.1, -0.05) is 23.2 Å². The monoisotopic (exact) mass is 266 g/mol. The van der Waals surface area contributed by atoms with Crippen LogP contribution in [0, 0.1) is 0 Å². The molecule has 17 heavy (non-hydrogen) atoms. The zero-order valence-electron chi connectivity index (χ0n) is 8.65. The SMILES string of the molecule is O=C(Nc1cc(Cl)ccc1Cl)c1ccncc1. The standard InChI is InChI=1S/C12H8Cl2N2O/c13-9-1-2-10(14)11(7-9)16-12(17)8-3-5-15-6-4-8/h1-7H,(H,16,17). The number of nitrogens with one attached hydrogen (secondary N) is 1. The van der Waals surface area contributed by atoms with Gasteiger partial charge >= 0.3 is 0 Å². The van der Waals surface area contributed by atoms with Crippen molar-refractivity contribution in [1.29, 1.82) is 0 Å². The molecule has 0 saturated carbocycles. The summed E-state index contributed by atoms with van der Waals surface area (Å²) < 4.78 is 0. The Kier molecular flexibility index (Phi) is 3.61. The second-order valence-corrected chi connectivity index (χ2v) is 4.16. The molecular weight excluding hydrogens is 259 g/mol. The molecule has 0 bridgehead atoms. The van der Waals surface area contributed by atoms with Gasteiger partial charge in [0.2, 0.25) is 0 Å². The van der Waals surface area contributed by atoms with Crippen LogP contribution in [0.3, 0.4) is 0 Å². The molecule has 0 spiro atoms. The molecule has 1 amide bonds. The first kappa shape index (κ1) is 11.9. The van der Waals surface area contributed by atoms with Crippen LogP contribution >= 0.6 is 23.2 Å². The Balaban J connectivity index is 2.22. The van der Waals surface area contributed by atoms with Crippen LogP contribution in [0.1, 0.15) is 10.4 Å². The molecule has 2 rings (SSSR count). The summed E-state index contributed by atoms with van der Waals surface area (Å²) in [6, 6.07) is 8.13. The molecule has 0 aliphatic carbocycles. The topological polar surface area (TPSA) is 42.0 Å². The van der Waals surface area contributed by atoms with Crippen molar-refractivity contribution in [2.24, 2.45) is 0 Å². The fraction of sp³-hybridized carbons (Fsp3) is 0. The summed E-state index contributed by atoms with van der Waals surface area (Å²) in [6.07, 6.45) is 3.10. The van der Waals surface area contributed by atoms with Crippen molar-refractivity contribution in [3.8, 4) is 0 Å². The highest BCUT2D eigenvalue weighted by Gasteiger charge is 2.08. The van der Waals surface area contributed by atoms with Gasteiger partial charge in [-0.25, -0.2) is 0 Å². The quantitative estimate of drug-likeness (QED) is 0.902. The van der Waals surface area contributed by atoms with E-state index in [1.54, 1.807) is 42.7 Å². The molecule has 0 unspecified atom stereocenters. The van der Waals surface area contributed by atoms with Gasteiger partial charge in [0.05, 0.1) is 10.7 Å². The summed E-state index contributed by atoms with van der Waals surface area (Å²) in [5.41, 5.74) is 0.997. The van der Waals surface area contributed by atoms with Gasteiger partial charge in [-0.2, -0.15) is 0 Å². The molecule has 0 fully saturated rings. The molecule has 5 heteroatoms. The predicted octanol–water partition coefficient (Wildman–Crippen LogP) is 3.64. The Hall–Kier alpha value is -1.58. The van der Waals surface area contributed by atoms with E-state index >= 15 is 0 Å². The maximum Gasteiger partial charge on any atom is 0.255 e. The first-order chi connectivity index (χ1) is 8.16. The molecule has 1 aromatic carbocycles. The number of rotatable bonds is 2. The van der Waals surface area contributed by atoms with E-state index < -0.39 is 0 Å². The lowest BCUT2D eigenvalue weighted by molar-refractivity contribution is 0.102. The summed E-state index contributed by atoms with van der Waals surface area (Å²) in [6.45, 7) is 0. The fourth-order valence-electron chi connectivity index (χ4n) is 1.29. The second kappa shape index (κ2) is 5.17. The first-order valence-electron chi connectivity index (χ1n) is 4.83. The van der Waals surface area contributed by atoms with Gasteiger partial charge in [-0.3, -0.25) is 9.78 Å². The highest BCUT2D eigenvalue weighted by molar-refractivity contribution is 6.35. The lowest BCUT2D eigenvalue weighted by atomic mass is 10.2. The van der Waals surface area contributed by atoms with E-state index in [-0.39, 0.29) is 5.91 Å². The number of halogens is 2. The van der Waals surface area contributed by atoms with Crippen LogP contribution in [0.25, 0.3) is 0 Å². The van der Waals surface area contributed by atoms with Crippen LogP contribution in [0.15, 0.2) is 42.7 Å². The molecule has 1 aromatic heterocycles. The Morgan fingerprint density at radius 3 is 2.53 bits per heavy atom. The normalized spacial score (nSPS) is 10.0. The van der Waals surface area contributed by atoms with Crippen LogP contribution in [0.5, 0.6) is 0 Å². The molecule has 0 radical (unpaired) electrons. The third-order valence-corrected chi connectivity index (χ3v) is 2.68. The van der Waals surface area contributed by atoms with E-state index in [2.05, 4.69) is 10.3 Å². The minimum absolute atomic E-state index is 0.253. The molecule has 1 N–H and O–H groups in total. The van der Waals surface area contributed by atoms with Gasteiger partial charge in [0.1, 0.15) is 0 Å². The highest BCUT2D eigenvalue weighted by Crippen LogP contribution is 2.25. The number of anilines is 1. The third kappa shape index (κ3) is 2.96. The number of pyridine rings is 1. The molecule has 86 valence electrons. The Morgan fingerprint density at radius 1 is 1.12 bits per heavy atom. The molecule has 3 nitrogen and oxygen atoms in total. The van der Waals surface area contributed by atoms with Crippen LogP contribution in [-0.4, -0.2) is 10.9 Å². The minimum Gasteiger partial charge on any atom is -0.321 e. The van der Waals surface area contributed by atoms with Gasteiger partial charge in [0.25, 0.3) is 5.91 Å². The van der Waals surface area contributed by atoms with E-state index in [9.17, 15) is 4.79 Å². The van der Waals surface area contributed by atoms with Gasteiger partial charge in [0, 0.05) is 23.0 Å². The lowest BCUT2D eigenvalue weighted by Crippen LogP contribution is -2.12. The van der Waals surface area contributed by atoms with Crippen molar-refractivity contribution < 1.29 is 4.79 Å². The van der Waals surface area contributed by atoms with Crippen molar-refractivity contribution in [3.63, 3.8) is 0 Å². The van der Waals surface area contributed by atoms with E-state index in [4.69, 9.17) is 23.2 Å². The maximum atomic E-state index is 11.8. The smallest absolute Gasteiger partial charge is 0.255 e. The molecule has 0 aliphatic rings. The van der Waals surface area contributed by atoms with E-state index in [0.29, 0.717) is 21.3 Å². The first-order valence-corrected chi connectivity index (χ1v) is 5.59. The molecule has 0 aliphatic heterocycles. The summed E-state index contributed by atoms with van der Waals surface area (Å²) in [7, 11) is 0. The predicted molar refractivity (Wildman–Crippen MR) is 68.7 cm³/mol. The fourth-order valence-corrected chi connectivity index (χ4v) is 1.63. The van der Waals surface area contributed by atoms with Crippen molar-refractivity contribution in [3.05, 3.63) is 58.3 Å². The van der Waals surface area contributed by atoms with Gasteiger partial charge < -0.3 is 5.32 Å². The number of aromatic nitrogens is 1. The molecule has 2 aromatic rings. The van der Waals surface area contributed by atoms with Gasteiger partial charge in [0.15, 0.2) is 0 Å². The average molecular weight is 267 g/mol. The van der Waals surface area contributed by atoms with Gasteiger partial charge in [-0.15, -0.1) is 0 Å². The maximum absolute atomic E-state index is 11.8. The zero-order valence-corrected chi connectivity index (χ0v) is 10.2. The summed E-state index contributed by atoms with van der Waals surface area (Å²) in [5.74, 6) is -0.253. The minimum atomic E-state index is -0.253. The Labute approximate surface area is 108 Å². The Morgan fingerprint density at radius 2 is 1.82 bits per heavy atom. The van der Waals surface area contributed by atoms with Crippen LogP contribution in [0.4, 0.5) is 5.69 Å². The number of carbonyl (C=O) groups is 1. The lowest BCUT2D eigenvalue weighted by Gasteiger charge is -2.07. The number of carbonyl (C=O) groups excluding carboxylic acids is 1. The highest BCUT2D eigenvalue weighted by atomic mass is 35.5. The van der Waals surface area contributed by atoms with E-state index in [0.717, 1.165) is 0 Å². The second-order valence-electron chi connectivity index (χ2n) is 3.31. The van der Waals surface area contributed by atoms with E-state index in [1.807, 2.05) is 0 Å². The van der Waals surface area contributed by atoms with Crippen LogP contribution in [0.2, 0.25) is 10.0 Å². The average Bonchev–Trinajstić information content (AvgIpc) is 2.35. The van der Waals surface area contributed by atoms with Crippen LogP contribution in [-0.2, 0) is 0 Å². The number of amides is 1. The summed E-state index contributed by atoms with van der Waals surface area (Å²) >= 11 is 11.8. The summed E-state index contributed by atoms with van der Waals surface area (Å²) in [5, 5.41) is 3.64. The zero-order chi connectivity index (χ0) is 12.3. The van der Waals surface area contributed by atoms with Crippen molar-refractivity contribution >= 4 is 34.8 Å². The van der Waals surface area contributed by atoms with Crippen molar-refractivity contribution in [1.82, 2.24) is 4.98 Å². The number of hydrogen-bond acceptors (Lipinski definition) is 2. The van der Waals surface area contributed by atoms with Crippen molar-refractivity contribution in [2.45, 2.75) is 0 Å². The molecular formula is C12H8Cl2N2O. The summed E-state index contributed by atoms with van der Waals surface area (Å²) in [4.78, 5) is 15.7. The number of hydrogen-bond donors (Lipinski definition) is 1. The van der Waals surface area contributed by atoms with Gasteiger partial charge in [-0.05, 0) is 30.3 Å². The molecule has 1 heterocycles. The third-order valence-electron chi connectivity index (χ3n) is 2.12. The van der Waals surface area contributed by atoms with E-state index in [1.165, 1.54) is 0 Å². The Bertz CT molecular complexity index is 543. The molecule has 0 saturated heterocycles. The number of nitrogens with zero attached hydrogens (tertiary/aromatic N) is 1. The van der Waals surface area contributed by atoms with Crippen LogP contribution < -0.4 is 5.32 Å². The number of benzene rings is 1. The largest absolute Gasteiger partial charge is 0.321 e.